The predicted octanol–water partition coefficient (Wildman–Crippen LogP) is 3.39. The first-order chi connectivity index (χ1) is 10.8. The molecule has 5 nitrogen and oxygen atoms in total. The summed E-state index contributed by atoms with van der Waals surface area (Å²) < 4.78 is 41.3. The second-order valence-corrected chi connectivity index (χ2v) is 7.93. The molecule has 3 rings (SSSR count). The van der Waals surface area contributed by atoms with Crippen molar-refractivity contribution in [3.63, 3.8) is 0 Å². The van der Waals surface area contributed by atoms with Gasteiger partial charge in [0.25, 0.3) is 10.0 Å². The fourth-order valence-corrected chi connectivity index (χ4v) is 4.34. The third-order valence-electron chi connectivity index (χ3n) is 3.27. The van der Waals surface area contributed by atoms with Crippen molar-refractivity contribution in [2.45, 2.75) is 4.90 Å². The molecule has 1 heterocycles. The van der Waals surface area contributed by atoms with Crippen LogP contribution in [0.1, 0.15) is 0 Å². The lowest BCUT2D eigenvalue weighted by molar-refractivity contribution is -0.115. The number of hydrogen-bond donors (Lipinski definition) is 1. The summed E-state index contributed by atoms with van der Waals surface area (Å²) in [6, 6.07) is 8.46. The molecule has 2 aromatic rings. The lowest BCUT2D eigenvalue weighted by atomic mass is 10.2. The van der Waals surface area contributed by atoms with Crippen LogP contribution in [0.2, 0.25) is 5.02 Å². The zero-order valence-corrected chi connectivity index (χ0v) is 14.5. The summed E-state index contributed by atoms with van der Waals surface area (Å²) in [6.45, 7) is -0.447. The highest BCUT2D eigenvalue weighted by Gasteiger charge is 2.34. The van der Waals surface area contributed by atoms with Crippen LogP contribution in [0.15, 0.2) is 45.8 Å². The summed E-state index contributed by atoms with van der Waals surface area (Å²) in [5.74, 6) is -1.55. The van der Waals surface area contributed by atoms with Crippen LogP contribution in [0.5, 0.6) is 0 Å². The van der Waals surface area contributed by atoms with Gasteiger partial charge in [-0.2, -0.15) is 0 Å². The molecule has 1 amide bonds. The molecule has 1 aliphatic heterocycles. The highest BCUT2D eigenvalue weighted by molar-refractivity contribution is 9.10. The van der Waals surface area contributed by atoms with Crippen LogP contribution in [-0.4, -0.2) is 20.9 Å². The first-order valence-electron chi connectivity index (χ1n) is 6.37. The van der Waals surface area contributed by atoms with Crippen LogP contribution in [0.3, 0.4) is 0 Å². The SMILES string of the molecule is O=C1CN(S(=O)(=O)c2cccc(Cl)c2F)c2cc(Br)ccc2N1. The summed E-state index contributed by atoms with van der Waals surface area (Å²) in [4.78, 5) is 11.2. The number of hydrogen-bond acceptors (Lipinski definition) is 3. The largest absolute Gasteiger partial charge is 0.323 e. The van der Waals surface area contributed by atoms with Gasteiger partial charge >= 0.3 is 0 Å². The highest BCUT2D eigenvalue weighted by Crippen LogP contribution is 2.36. The monoisotopic (exact) mass is 418 g/mol. The van der Waals surface area contributed by atoms with Crippen molar-refractivity contribution in [3.05, 3.63) is 51.7 Å². The molecule has 0 bridgehead atoms. The van der Waals surface area contributed by atoms with Crippen molar-refractivity contribution in [3.8, 4) is 0 Å². The van der Waals surface area contributed by atoms with Crippen LogP contribution in [0.4, 0.5) is 15.8 Å². The molecule has 0 radical (unpaired) electrons. The zero-order valence-electron chi connectivity index (χ0n) is 11.4. The van der Waals surface area contributed by atoms with E-state index in [0.29, 0.717) is 10.2 Å². The minimum atomic E-state index is -4.29. The normalized spacial score (nSPS) is 14.4. The first-order valence-corrected chi connectivity index (χ1v) is 8.98. The molecule has 0 aliphatic carbocycles. The van der Waals surface area contributed by atoms with Gasteiger partial charge in [-0.05, 0) is 30.3 Å². The van der Waals surface area contributed by atoms with E-state index >= 15 is 0 Å². The lowest BCUT2D eigenvalue weighted by Gasteiger charge is -2.30. The van der Waals surface area contributed by atoms with Gasteiger partial charge in [-0.3, -0.25) is 9.10 Å². The Labute approximate surface area is 145 Å². The predicted molar refractivity (Wildman–Crippen MR) is 88.7 cm³/mol. The van der Waals surface area contributed by atoms with E-state index in [1.807, 2.05) is 0 Å². The molecule has 0 spiro atoms. The Hall–Kier alpha value is -1.64. The molecular weight excluding hydrogens is 411 g/mol. The maximum Gasteiger partial charge on any atom is 0.267 e. The molecule has 2 aromatic carbocycles. The van der Waals surface area contributed by atoms with Gasteiger partial charge in [0.15, 0.2) is 5.82 Å². The van der Waals surface area contributed by atoms with Gasteiger partial charge in [-0.15, -0.1) is 0 Å². The molecule has 1 N–H and O–H groups in total. The second kappa shape index (κ2) is 5.77. The zero-order chi connectivity index (χ0) is 16.8. The molecule has 1 aliphatic rings. The van der Waals surface area contributed by atoms with Crippen molar-refractivity contribution >= 4 is 54.8 Å². The average Bonchev–Trinajstić information content (AvgIpc) is 2.49. The Morgan fingerprint density at radius 2 is 2.00 bits per heavy atom. The first kappa shape index (κ1) is 16.2. The van der Waals surface area contributed by atoms with E-state index in [1.165, 1.54) is 18.2 Å². The molecule has 0 aromatic heterocycles. The Balaban J connectivity index is 2.20. The Morgan fingerprint density at radius 1 is 1.26 bits per heavy atom. The number of carbonyl (C=O) groups excluding carboxylic acids is 1. The standard InChI is InChI=1S/C14H9BrClFN2O3S/c15-8-4-5-10-11(6-8)19(7-13(20)18-10)23(21,22)12-3-1-2-9(16)14(12)17/h1-6H,7H2,(H,18,20). The maximum atomic E-state index is 14.2. The lowest BCUT2D eigenvalue weighted by Crippen LogP contribution is -2.42. The fourth-order valence-electron chi connectivity index (χ4n) is 2.24. The number of amides is 1. The molecule has 120 valence electrons. The van der Waals surface area contributed by atoms with Crippen LogP contribution >= 0.6 is 27.5 Å². The van der Waals surface area contributed by atoms with E-state index in [1.54, 1.807) is 12.1 Å². The van der Waals surface area contributed by atoms with Crippen molar-refractivity contribution < 1.29 is 17.6 Å². The fraction of sp³-hybridized carbons (Fsp3) is 0.0714. The minimum Gasteiger partial charge on any atom is -0.323 e. The number of carbonyl (C=O) groups is 1. The molecule has 0 unspecified atom stereocenters. The van der Waals surface area contributed by atoms with Crippen molar-refractivity contribution in [1.82, 2.24) is 0 Å². The van der Waals surface area contributed by atoms with E-state index in [0.717, 1.165) is 10.4 Å². The smallest absolute Gasteiger partial charge is 0.267 e. The van der Waals surface area contributed by atoms with Crippen LogP contribution in [-0.2, 0) is 14.8 Å². The molecule has 0 saturated heterocycles. The minimum absolute atomic E-state index is 0.248. The second-order valence-electron chi connectivity index (χ2n) is 4.77. The summed E-state index contributed by atoms with van der Waals surface area (Å²) in [5.41, 5.74) is 0.578. The third-order valence-corrected chi connectivity index (χ3v) is 5.84. The number of fused-ring (bicyclic) bond motifs is 1. The molecule has 0 atom stereocenters. The van der Waals surface area contributed by atoms with Gasteiger partial charge < -0.3 is 5.32 Å². The Kier molecular flexibility index (Phi) is 4.07. The summed E-state index contributed by atoms with van der Waals surface area (Å²) >= 11 is 8.92. The van der Waals surface area contributed by atoms with E-state index in [-0.39, 0.29) is 10.7 Å². The Morgan fingerprint density at radius 3 is 2.74 bits per heavy atom. The van der Waals surface area contributed by atoms with E-state index in [4.69, 9.17) is 11.6 Å². The van der Waals surface area contributed by atoms with Crippen LogP contribution in [0, 0.1) is 5.82 Å². The summed E-state index contributed by atoms with van der Waals surface area (Å²) in [7, 11) is -4.29. The molecule has 0 fully saturated rings. The number of nitrogens with one attached hydrogen (secondary N) is 1. The number of halogens is 3. The van der Waals surface area contributed by atoms with Crippen molar-refractivity contribution in [1.29, 1.82) is 0 Å². The number of rotatable bonds is 2. The average molecular weight is 420 g/mol. The van der Waals surface area contributed by atoms with Gasteiger partial charge in [0.05, 0.1) is 16.4 Å². The van der Waals surface area contributed by atoms with E-state index in [9.17, 15) is 17.6 Å². The number of nitrogens with zero attached hydrogens (tertiary/aromatic N) is 1. The molecule has 0 saturated carbocycles. The Bertz CT molecular complexity index is 920. The number of anilines is 2. The summed E-state index contributed by atoms with van der Waals surface area (Å²) in [6.07, 6.45) is 0. The maximum absolute atomic E-state index is 14.2. The number of benzene rings is 2. The quantitative estimate of drug-likeness (QED) is 0.811. The molecule has 23 heavy (non-hydrogen) atoms. The van der Waals surface area contributed by atoms with Crippen molar-refractivity contribution in [2.75, 3.05) is 16.2 Å². The topological polar surface area (TPSA) is 66.5 Å². The molecule has 9 heteroatoms. The van der Waals surface area contributed by atoms with Gasteiger partial charge in [0, 0.05) is 4.47 Å². The van der Waals surface area contributed by atoms with Crippen LogP contribution < -0.4 is 9.62 Å². The highest BCUT2D eigenvalue weighted by atomic mass is 79.9. The van der Waals surface area contributed by atoms with Crippen LogP contribution in [0.25, 0.3) is 0 Å². The van der Waals surface area contributed by atoms with Crippen molar-refractivity contribution in [2.24, 2.45) is 0 Å². The van der Waals surface area contributed by atoms with Gasteiger partial charge in [0.1, 0.15) is 11.4 Å². The van der Waals surface area contributed by atoms with E-state index in [2.05, 4.69) is 21.2 Å². The van der Waals surface area contributed by atoms with Gasteiger partial charge in [-0.25, -0.2) is 12.8 Å². The number of sulfonamides is 1. The third kappa shape index (κ3) is 2.82. The summed E-state index contributed by atoms with van der Waals surface area (Å²) in [5, 5.41) is 2.28. The van der Waals surface area contributed by atoms with Gasteiger partial charge in [-0.1, -0.05) is 33.6 Å². The van der Waals surface area contributed by atoms with E-state index < -0.39 is 33.2 Å². The van der Waals surface area contributed by atoms with Gasteiger partial charge in [0.2, 0.25) is 5.91 Å². The molecular formula is C14H9BrClFN2O3S.